The Balaban J connectivity index is 0.000000640. The summed E-state index contributed by atoms with van der Waals surface area (Å²) in [7, 11) is 0. The van der Waals surface area contributed by atoms with E-state index in [0.717, 1.165) is 12.5 Å². The molecule has 0 saturated carbocycles. The number of nitrogens with zero attached hydrogens (tertiary/aromatic N) is 1. The van der Waals surface area contributed by atoms with E-state index < -0.39 is 0 Å². The molecule has 0 aromatic carbocycles. The molecule has 0 unspecified atom stereocenters. The Morgan fingerprint density at radius 1 is 1.33 bits per heavy atom. The van der Waals surface area contributed by atoms with E-state index in [1.807, 2.05) is 0 Å². The van der Waals surface area contributed by atoms with Crippen molar-refractivity contribution >= 4 is 0 Å². The number of piperidine rings is 1. The molecule has 1 aliphatic heterocycles. The number of rotatable bonds is 0. The third kappa shape index (κ3) is 3.49. The zero-order valence-electron chi connectivity index (χ0n) is 6.72. The summed E-state index contributed by atoms with van der Waals surface area (Å²) in [6.07, 6.45) is 2.69. The van der Waals surface area contributed by atoms with Crippen LogP contribution >= 0.6 is 0 Å². The minimum atomic E-state index is 0. The first-order valence-corrected chi connectivity index (χ1v) is 3.47. The van der Waals surface area contributed by atoms with Gasteiger partial charge in [-0.05, 0) is 0 Å². The van der Waals surface area contributed by atoms with Crippen molar-refractivity contribution in [1.29, 1.82) is 0 Å². The van der Waals surface area contributed by atoms with Gasteiger partial charge in [-0.2, -0.15) is 0 Å². The SMILES string of the molecule is C[C@@H]1[N-]CCC[C@@H]1C.[K+]. The van der Waals surface area contributed by atoms with Crippen LogP contribution < -0.4 is 51.4 Å². The van der Waals surface area contributed by atoms with Gasteiger partial charge in [-0.1, -0.05) is 32.6 Å². The molecule has 0 amide bonds. The van der Waals surface area contributed by atoms with Crippen molar-refractivity contribution in [2.45, 2.75) is 32.7 Å². The monoisotopic (exact) mass is 151 g/mol. The van der Waals surface area contributed by atoms with Gasteiger partial charge in [-0.15, -0.1) is 12.6 Å². The van der Waals surface area contributed by atoms with Gasteiger partial charge < -0.3 is 5.32 Å². The Kier molecular flexibility index (Phi) is 6.21. The average Bonchev–Trinajstić information content (AvgIpc) is 1.77. The first kappa shape index (κ1) is 10.6. The molecule has 0 radical (unpaired) electrons. The average molecular weight is 151 g/mol. The molecule has 1 rings (SSSR count). The quantitative estimate of drug-likeness (QED) is 0.402. The molecular formula is C7H14KN. The molecule has 9 heavy (non-hydrogen) atoms. The summed E-state index contributed by atoms with van der Waals surface area (Å²) in [5.41, 5.74) is 0. The molecule has 0 N–H and O–H groups in total. The van der Waals surface area contributed by atoms with E-state index in [1.165, 1.54) is 12.8 Å². The molecule has 2 atom stereocenters. The maximum atomic E-state index is 4.41. The smallest absolute Gasteiger partial charge is 0.660 e. The van der Waals surface area contributed by atoms with Crippen LogP contribution in [0.25, 0.3) is 5.32 Å². The number of hydrogen-bond acceptors (Lipinski definition) is 0. The van der Waals surface area contributed by atoms with Gasteiger partial charge in [-0.25, -0.2) is 0 Å². The normalized spacial score (nSPS) is 35.3. The van der Waals surface area contributed by atoms with E-state index in [1.54, 1.807) is 0 Å². The Hall–Kier alpha value is 1.60. The van der Waals surface area contributed by atoms with Gasteiger partial charge >= 0.3 is 51.4 Å². The van der Waals surface area contributed by atoms with Crippen LogP contribution in [0, 0.1) is 5.92 Å². The molecule has 48 valence electrons. The Morgan fingerprint density at radius 3 is 2.33 bits per heavy atom. The van der Waals surface area contributed by atoms with E-state index in [0.29, 0.717) is 6.04 Å². The standard InChI is InChI=1S/C7H14N.K/c1-6-4-3-5-8-7(6)2;/h6-7H,3-5H2,1-2H3;/q-1;+1/t6-,7-;/m0./s1. The first-order chi connectivity index (χ1) is 3.80. The molecule has 0 aliphatic carbocycles. The van der Waals surface area contributed by atoms with Crippen molar-refractivity contribution < 1.29 is 51.4 Å². The molecule has 1 fully saturated rings. The molecule has 1 saturated heterocycles. The summed E-state index contributed by atoms with van der Waals surface area (Å²) >= 11 is 0. The Labute approximate surface area is 100 Å². The summed E-state index contributed by atoms with van der Waals surface area (Å²) in [6.45, 7) is 5.60. The van der Waals surface area contributed by atoms with E-state index >= 15 is 0 Å². The molecule has 0 aromatic rings. The summed E-state index contributed by atoms with van der Waals surface area (Å²) in [5.74, 6) is 0.837. The fraction of sp³-hybridized carbons (Fsp3) is 1.00. The predicted octanol–water partition coefficient (Wildman–Crippen LogP) is -0.817. The second-order valence-corrected chi connectivity index (χ2v) is 2.77. The molecule has 0 aromatic heterocycles. The third-order valence-electron chi connectivity index (χ3n) is 2.06. The third-order valence-corrected chi connectivity index (χ3v) is 2.06. The molecule has 1 aliphatic rings. The maximum absolute atomic E-state index is 4.41. The van der Waals surface area contributed by atoms with Gasteiger partial charge in [0.25, 0.3) is 0 Å². The molecule has 1 heterocycles. The van der Waals surface area contributed by atoms with Gasteiger partial charge in [0.05, 0.1) is 0 Å². The van der Waals surface area contributed by atoms with E-state index in [2.05, 4.69) is 19.2 Å². The van der Waals surface area contributed by atoms with Crippen molar-refractivity contribution in [2.24, 2.45) is 5.92 Å². The minimum absolute atomic E-state index is 0. The van der Waals surface area contributed by atoms with Crippen molar-refractivity contribution in [3.8, 4) is 0 Å². The summed E-state index contributed by atoms with van der Waals surface area (Å²) in [5, 5.41) is 4.41. The van der Waals surface area contributed by atoms with Crippen molar-refractivity contribution in [1.82, 2.24) is 0 Å². The van der Waals surface area contributed by atoms with Gasteiger partial charge in [0.1, 0.15) is 0 Å². The van der Waals surface area contributed by atoms with Crippen molar-refractivity contribution in [3.63, 3.8) is 0 Å². The predicted molar refractivity (Wildman–Crippen MR) is 36.1 cm³/mol. The van der Waals surface area contributed by atoms with Gasteiger partial charge in [0.15, 0.2) is 0 Å². The van der Waals surface area contributed by atoms with Crippen molar-refractivity contribution in [2.75, 3.05) is 6.54 Å². The van der Waals surface area contributed by atoms with Crippen LogP contribution in [0.2, 0.25) is 0 Å². The first-order valence-electron chi connectivity index (χ1n) is 3.47. The zero-order valence-corrected chi connectivity index (χ0v) is 9.85. The van der Waals surface area contributed by atoms with Crippen LogP contribution in [-0.2, 0) is 0 Å². The second-order valence-electron chi connectivity index (χ2n) is 2.77. The van der Waals surface area contributed by atoms with Crippen LogP contribution in [-0.4, -0.2) is 12.6 Å². The Morgan fingerprint density at radius 2 is 2.00 bits per heavy atom. The minimum Gasteiger partial charge on any atom is -0.660 e. The summed E-state index contributed by atoms with van der Waals surface area (Å²) < 4.78 is 0. The van der Waals surface area contributed by atoms with Gasteiger partial charge in [0.2, 0.25) is 0 Å². The molecule has 1 nitrogen and oxygen atoms in total. The summed E-state index contributed by atoms with van der Waals surface area (Å²) in [6, 6.07) is 0.628. The molecule has 0 bridgehead atoms. The van der Waals surface area contributed by atoms with Gasteiger partial charge in [0, 0.05) is 0 Å². The Bertz CT molecular complexity index is 65.3. The topological polar surface area (TPSA) is 14.1 Å². The van der Waals surface area contributed by atoms with Crippen LogP contribution in [0.1, 0.15) is 26.7 Å². The van der Waals surface area contributed by atoms with Crippen molar-refractivity contribution in [3.05, 3.63) is 5.32 Å². The molecule has 2 heteroatoms. The molecular weight excluding hydrogens is 137 g/mol. The van der Waals surface area contributed by atoms with E-state index in [9.17, 15) is 0 Å². The number of hydrogen-bond donors (Lipinski definition) is 0. The van der Waals surface area contributed by atoms with E-state index in [-0.39, 0.29) is 51.4 Å². The van der Waals surface area contributed by atoms with Crippen LogP contribution in [0.4, 0.5) is 0 Å². The van der Waals surface area contributed by atoms with Crippen LogP contribution in [0.15, 0.2) is 0 Å². The zero-order chi connectivity index (χ0) is 5.98. The van der Waals surface area contributed by atoms with Crippen LogP contribution in [0.3, 0.4) is 0 Å². The van der Waals surface area contributed by atoms with Gasteiger partial charge in [-0.3, -0.25) is 0 Å². The maximum Gasteiger partial charge on any atom is 1.00 e. The fourth-order valence-electron chi connectivity index (χ4n) is 1.13. The largest absolute Gasteiger partial charge is 1.00 e. The van der Waals surface area contributed by atoms with E-state index in [4.69, 9.17) is 0 Å². The second kappa shape index (κ2) is 5.27. The summed E-state index contributed by atoms with van der Waals surface area (Å²) in [4.78, 5) is 0. The molecule has 0 spiro atoms. The fourth-order valence-corrected chi connectivity index (χ4v) is 1.13. The van der Waals surface area contributed by atoms with Crippen LogP contribution in [0.5, 0.6) is 0 Å².